The van der Waals surface area contributed by atoms with Gasteiger partial charge in [-0.2, -0.15) is 0 Å². The number of hydrogen-bond donors (Lipinski definition) is 1. The van der Waals surface area contributed by atoms with Crippen LogP contribution in [0.25, 0.3) is 11.3 Å². The highest BCUT2D eigenvalue weighted by atomic mass is 35.5. The first-order chi connectivity index (χ1) is 11.6. The monoisotopic (exact) mass is 361 g/mol. The van der Waals surface area contributed by atoms with Crippen LogP contribution >= 0.6 is 23.2 Å². The largest absolute Gasteiger partial charge is 0.360 e. The molecule has 1 amide bonds. The Kier molecular flexibility index (Phi) is 4.83. The van der Waals surface area contributed by atoms with Gasteiger partial charge in [0.15, 0.2) is 0 Å². The van der Waals surface area contributed by atoms with Crippen molar-refractivity contribution in [3.05, 3.63) is 69.7 Å². The van der Waals surface area contributed by atoms with Crippen molar-refractivity contribution in [2.45, 2.75) is 13.5 Å². The fourth-order valence-electron chi connectivity index (χ4n) is 2.31. The molecule has 0 aliphatic carbocycles. The summed E-state index contributed by atoms with van der Waals surface area (Å²) in [6, 6.07) is 8.78. The van der Waals surface area contributed by atoms with Gasteiger partial charge in [-0.25, -0.2) is 0 Å². The van der Waals surface area contributed by atoms with E-state index in [0.717, 1.165) is 5.56 Å². The second-order valence-electron chi connectivity index (χ2n) is 5.10. The van der Waals surface area contributed by atoms with E-state index >= 15 is 0 Å². The normalized spacial score (nSPS) is 10.6. The molecule has 0 unspecified atom stereocenters. The maximum atomic E-state index is 12.6. The Morgan fingerprint density at radius 1 is 1.21 bits per heavy atom. The minimum atomic E-state index is -0.316. The van der Waals surface area contributed by atoms with Crippen LogP contribution in [0.1, 0.15) is 21.7 Å². The Labute approximate surface area is 148 Å². The quantitative estimate of drug-likeness (QED) is 0.752. The molecule has 0 fully saturated rings. The molecule has 0 aliphatic rings. The van der Waals surface area contributed by atoms with Gasteiger partial charge in [0.05, 0.1) is 10.0 Å². The summed E-state index contributed by atoms with van der Waals surface area (Å²) >= 11 is 12.4. The van der Waals surface area contributed by atoms with E-state index in [-0.39, 0.29) is 5.91 Å². The number of pyridine rings is 1. The first-order valence-electron chi connectivity index (χ1n) is 7.15. The molecule has 1 aromatic carbocycles. The molecular weight excluding hydrogens is 349 g/mol. The number of aromatic nitrogens is 2. The maximum Gasteiger partial charge on any atom is 0.257 e. The molecule has 7 heteroatoms. The van der Waals surface area contributed by atoms with E-state index in [2.05, 4.69) is 15.5 Å². The molecule has 2 heterocycles. The number of carbonyl (C=O) groups is 1. The molecule has 0 spiro atoms. The van der Waals surface area contributed by atoms with Gasteiger partial charge in [-0.1, -0.05) is 40.5 Å². The number of nitrogens with zero attached hydrogens (tertiary/aromatic N) is 2. The molecular formula is C17H13Cl2N3O2. The predicted molar refractivity (Wildman–Crippen MR) is 92.1 cm³/mol. The van der Waals surface area contributed by atoms with E-state index in [0.29, 0.717) is 39.2 Å². The molecule has 0 saturated carbocycles. The van der Waals surface area contributed by atoms with E-state index in [4.69, 9.17) is 27.7 Å². The van der Waals surface area contributed by atoms with Crippen LogP contribution < -0.4 is 5.32 Å². The fourth-order valence-corrected chi connectivity index (χ4v) is 2.88. The number of amides is 1. The van der Waals surface area contributed by atoms with Gasteiger partial charge in [-0.05, 0) is 30.7 Å². The summed E-state index contributed by atoms with van der Waals surface area (Å²) in [6.45, 7) is 2.01. The summed E-state index contributed by atoms with van der Waals surface area (Å²) in [7, 11) is 0. The fraction of sp³-hybridized carbons (Fsp3) is 0.118. The van der Waals surface area contributed by atoms with Gasteiger partial charge >= 0.3 is 0 Å². The van der Waals surface area contributed by atoms with Gasteiger partial charge < -0.3 is 9.84 Å². The van der Waals surface area contributed by atoms with Crippen molar-refractivity contribution < 1.29 is 9.32 Å². The van der Waals surface area contributed by atoms with E-state index < -0.39 is 0 Å². The van der Waals surface area contributed by atoms with E-state index in [1.54, 1.807) is 43.6 Å². The lowest BCUT2D eigenvalue weighted by Gasteiger charge is -2.08. The van der Waals surface area contributed by atoms with Gasteiger partial charge in [0.1, 0.15) is 17.0 Å². The highest BCUT2D eigenvalue weighted by molar-refractivity contribution is 6.39. The van der Waals surface area contributed by atoms with Gasteiger partial charge in [0.25, 0.3) is 5.91 Å². The maximum absolute atomic E-state index is 12.6. The van der Waals surface area contributed by atoms with Crippen molar-refractivity contribution in [1.29, 1.82) is 0 Å². The zero-order chi connectivity index (χ0) is 17.1. The minimum absolute atomic E-state index is 0.314. The summed E-state index contributed by atoms with van der Waals surface area (Å²) in [5.41, 5.74) is 2.00. The zero-order valence-corrected chi connectivity index (χ0v) is 14.2. The first-order valence-corrected chi connectivity index (χ1v) is 7.91. The van der Waals surface area contributed by atoms with Crippen molar-refractivity contribution in [3.8, 4) is 11.3 Å². The third kappa shape index (κ3) is 3.27. The molecule has 122 valence electrons. The standard InChI is InChI=1S/C17H13Cl2N3O2/c1-10-14(17(23)21-9-11-4-3-7-20-8-11)16(22-24-10)15-12(18)5-2-6-13(15)19/h2-8H,9H2,1H3,(H,21,23). The lowest BCUT2D eigenvalue weighted by Crippen LogP contribution is -2.23. The van der Waals surface area contributed by atoms with Gasteiger partial charge in [0, 0.05) is 24.5 Å². The molecule has 24 heavy (non-hydrogen) atoms. The zero-order valence-electron chi connectivity index (χ0n) is 12.7. The summed E-state index contributed by atoms with van der Waals surface area (Å²) in [4.78, 5) is 16.6. The first kappa shape index (κ1) is 16.5. The lowest BCUT2D eigenvalue weighted by molar-refractivity contribution is 0.0950. The molecule has 0 atom stereocenters. The minimum Gasteiger partial charge on any atom is -0.360 e. The van der Waals surface area contributed by atoms with Crippen LogP contribution in [0.2, 0.25) is 10.0 Å². The molecule has 2 aromatic heterocycles. The third-order valence-electron chi connectivity index (χ3n) is 3.47. The second-order valence-corrected chi connectivity index (χ2v) is 5.92. The van der Waals surface area contributed by atoms with Crippen molar-refractivity contribution in [1.82, 2.24) is 15.5 Å². The number of carbonyl (C=O) groups excluding carboxylic acids is 1. The molecule has 0 radical (unpaired) electrons. The number of hydrogen-bond acceptors (Lipinski definition) is 4. The SMILES string of the molecule is Cc1onc(-c2c(Cl)cccc2Cl)c1C(=O)NCc1cccnc1. The summed E-state index contributed by atoms with van der Waals surface area (Å²) in [6.07, 6.45) is 3.36. The van der Waals surface area contributed by atoms with Crippen molar-refractivity contribution in [2.24, 2.45) is 0 Å². The Hall–Kier alpha value is -2.37. The van der Waals surface area contributed by atoms with Crippen LogP contribution in [-0.4, -0.2) is 16.0 Å². The summed E-state index contributed by atoms with van der Waals surface area (Å²) in [5.74, 6) is 0.0771. The topological polar surface area (TPSA) is 68.0 Å². The summed E-state index contributed by atoms with van der Waals surface area (Å²) < 4.78 is 5.19. The Morgan fingerprint density at radius 3 is 2.62 bits per heavy atom. The molecule has 3 aromatic rings. The number of aryl methyl sites for hydroxylation is 1. The van der Waals surface area contributed by atoms with Crippen LogP contribution in [-0.2, 0) is 6.54 Å². The second kappa shape index (κ2) is 7.03. The van der Waals surface area contributed by atoms with Crippen molar-refractivity contribution >= 4 is 29.1 Å². The van der Waals surface area contributed by atoms with E-state index in [9.17, 15) is 4.79 Å². The average Bonchev–Trinajstić information content (AvgIpc) is 2.95. The third-order valence-corrected chi connectivity index (χ3v) is 4.10. The van der Waals surface area contributed by atoms with Gasteiger partial charge in [-0.15, -0.1) is 0 Å². The Balaban J connectivity index is 1.91. The highest BCUT2D eigenvalue weighted by Crippen LogP contribution is 2.36. The van der Waals surface area contributed by atoms with E-state index in [1.165, 1.54) is 0 Å². The van der Waals surface area contributed by atoms with Crippen LogP contribution in [0.5, 0.6) is 0 Å². The Bertz CT molecular complexity index is 859. The predicted octanol–water partition coefficient (Wildman–Crippen LogP) is 4.28. The number of halogens is 2. The molecule has 1 N–H and O–H groups in total. The van der Waals surface area contributed by atoms with Crippen LogP contribution in [0.3, 0.4) is 0 Å². The highest BCUT2D eigenvalue weighted by Gasteiger charge is 2.24. The number of nitrogens with one attached hydrogen (secondary N) is 1. The lowest BCUT2D eigenvalue weighted by atomic mass is 10.1. The molecule has 0 saturated heterocycles. The molecule has 0 aliphatic heterocycles. The van der Waals surface area contributed by atoms with Crippen LogP contribution in [0.4, 0.5) is 0 Å². The average molecular weight is 362 g/mol. The number of rotatable bonds is 4. The van der Waals surface area contributed by atoms with Gasteiger partial charge in [-0.3, -0.25) is 9.78 Å². The molecule has 5 nitrogen and oxygen atoms in total. The van der Waals surface area contributed by atoms with Crippen LogP contribution in [0, 0.1) is 6.92 Å². The van der Waals surface area contributed by atoms with E-state index in [1.807, 2.05) is 6.07 Å². The molecule has 0 bridgehead atoms. The van der Waals surface area contributed by atoms with Crippen molar-refractivity contribution in [3.63, 3.8) is 0 Å². The van der Waals surface area contributed by atoms with Gasteiger partial charge in [0.2, 0.25) is 0 Å². The summed E-state index contributed by atoms with van der Waals surface area (Å²) in [5, 5.41) is 7.59. The number of benzene rings is 1. The molecule has 3 rings (SSSR count). The Morgan fingerprint density at radius 2 is 1.96 bits per heavy atom. The van der Waals surface area contributed by atoms with Crippen molar-refractivity contribution in [2.75, 3.05) is 0 Å². The smallest absolute Gasteiger partial charge is 0.257 e. The van der Waals surface area contributed by atoms with Crippen LogP contribution in [0.15, 0.2) is 47.2 Å².